The number of unbranched alkanes of at least 4 members (excludes halogenated alkanes) is 2. The van der Waals surface area contributed by atoms with Crippen LogP contribution < -0.4 is 4.74 Å². The minimum Gasteiger partial charge on any atom is -0.422 e. The molecule has 1 rings (SSSR count). The van der Waals surface area contributed by atoms with E-state index in [1.54, 1.807) is 11.8 Å². The van der Waals surface area contributed by atoms with Crippen LogP contribution in [0, 0.1) is 6.92 Å². The molecule has 0 unspecified atom stereocenters. The number of ether oxygens (including phenoxy) is 1. The van der Waals surface area contributed by atoms with Gasteiger partial charge in [-0.1, -0.05) is 39.3 Å². The van der Waals surface area contributed by atoms with Crippen molar-refractivity contribution in [3.8, 4) is 5.75 Å². The Morgan fingerprint density at radius 2 is 2.00 bits per heavy atom. The third kappa shape index (κ3) is 5.96. The van der Waals surface area contributed by atoms with E-state index < -0.39 is 0 Å². The molecular formula is C18H26O2S. The van der Waals surface area contributed by atoms with Gasteiger partial charge in [0.05, 0.1) is 4.90 Å². The lowest BCUT2D eigenvalue weighted by atomic mass is 10.0. The SMILES string of the molecule is C=CC(=O)Oc1c(CCCC)cc(C)cc1SCCCC. The van der Waals surface area contributed by atoms with Gasteiger partial charge in [0.1, 0.15) is 5.75 Å². The van der Waals surface area contributed by atoms with Crippen molar-refractivity contribution in [2.75, 3.05) is 5.75 Å². The molecule has 0 bridgehead atoms. The molecule has 0 aromatic heterocycles. The van der Waals surface area contributed by atoms with Crippen molar-refractivity contribution in [2.45, 2.75) is 57.8 Å². The van der Waals surface area contributed by atoms with Crippen molar-refractivity contribution >= 4 is 17.7 Å². The fourth-order valence-electron chi connectivity index (χ4n) is 2.06. The van der Waals surface area contributed by atoms with Crippen LogP contribution in [-0.2, 0) is 11.2 Å². The van der Waals surface area contributed by atoms with E-state index in [1.165, 1.54) is 18.1 Å². The second-order valence-corrected chi connectivity index (χ2v) is 6.32. The van der Waals surface area contributed by atoms with Crippen LogP contribution in [0.15, 0.2) is 29.7 Å². The maximum Gasteiger partial charge on any atom is 0.335 e. The summed E-state index contributed by atoms with van der Waals surface area (Å²) in [6.45, 7) is 9.94. The van der Waals surface area contributed by atoms with Crippen molar-refractivity contribution in [1.29, 1.82) is 0 Å². The molecule has 0 amide bonds. The maximum absolute atomic E-state index is 11.6. The molecule has 3 heteroatoms. The first kappa shape index (κ1) is 17.8. The Hall–Kier alpha value is -1.22. The smallest absolute Gasteiger partial charge is 0.335 e. The molecule has 0 saturated heterocycles. The Labute approximate surface area is 133 Å². The van der Waals surface area contributed by atoms with Crippen molar-refractivity contribution < 1.29 is 9.53 Å². The van der Waals surface area contributed by atoms with Gasteiger partial charge >= 0.3 is 5.97 Å². The molecule has 0 heterocycles. The van der Waals surface area contributed by atoms with Crippen LogP contribution >= 0.6 is 11.8 Å². The molecule has 0 N–H and O–H groups in total. The lowest BCUT2D eigenvalue weighted by Gasteiger charge is -2.15. The van der Waals surface area contributed by atoms with E-state index in [0.29, 0.717) is 0 Å². The first-order chi connectivity index (χ1) is 10.1. The van der Waals surface area contributed by atoms with Crippen LogP contribution in [0.2, 0.25) is 0 Å². The third-order valence-electron chi connectivity index (χ3n) is 3.20. The van der Waals surface area contributed by atoms with Crippen molar-refractivity contribution in [2.24, 2.45) is 0 Å². The molecule has 1 aromatic rings. The minimum atomic E-state index is -0.381. The molecule has 0 radical (unpaired) electrons. The van der Waals surface area contributed by atoms with Gasteiger partial charge in [-0.2, -0.15) is 0 Å². The number of carbonyl (C=O) groups excluding carboxylic acids is 1. The summed E-state index contributed by atoms with van der Waals surface area (Å²) in [6.07, 6.45) is 6.73. The van der Waals surface area contributed by atoms with Gasteiger partial charge in [-0.15, -0.1) is 11.8 Å². The number of hydrogen-bond acceptors (Lipinski definition) is 3. The van der Waals surface area contributed by atoms with E-state index in [0.717, 1.165) is 47.6 Å². The van der Waals surface area contributed by atoms with E-state index in [1.807, 2.05) is 0 Å². The summed E-state index contributed by atoms with van der Waals surface area (Å²) in [4.78, 5) is 12.7. The first-order valence-electron chi connectivity index (χ1n) is 7.72. The van der Waals surface area contributed by atoms with Gasteiger partial charge in [0.2, 0.25) is 0 Å². The number of hydrogen-bond donors (Lipinski definition) is 0. The van der Waals surface area contributed by atoms with Crippen LogP contribution in [-0.4, -0.2) is 11.7 Å². The standard InChI is InChI=1S/C18H26O2S/c1-5-8-10-15-12-14(4)13-16(21-11-9-6-2)18(15)20-17(19)7-3/h7,12-13H,3,5-6,8-11H2,1-2,4H3. The van der Waals surface area contributed by atoms with Gasteiger partial charge < -0.3 is 4.74 Å². The number of thioether (sulfide) groups is 1. The molecule has 2 nitrogen and oxygen atoms in total. The summed E-state index contributed by atoms with van der Waals surface area (Å²) < 4.78 is 5.53. The van der Waals surface area contributed by atoms with Gasteiger partial charge in [0.25, 0.3) is 0 Å². The molecule has 21 heavy (non-hydrogen) atoms. The van der Waals surface area contributed by atoms with Crippen molar-refractivity contribution in [3.63, 3.8) is 0 Å². The number of aryl methyl sites for hydroxylation is 2. The van der Waals surface area contributed by atoms with Gasteiger partial charge in [-0.3, -0.25) is 0 Å². The van der Waals surface area contributed by atoms with E-state index in [4.69, 9.17) is 4.74 Å². The third-order valence-corrected chi connectivity index (χ3v) is 4.31. The normalized spacial score (nSPS) is 10.4. The molecule has 0 fully saturated rings. The van der Waals surface area contributed by atoms with Crippen LogP contribution in [0.5, 0.6) is 5.75 Å². The van der Waals surface area contributed by atoms with Gasteiger partial charge in [-0.25, -0.2) is 4.79 Å². The fraction of sp³-hybridized carbons (Fsp3) is 0.500. The zero-order valence-electron chi connectivity index (χ0n) is 13.4. The van der Waals surface area contributed by atoms with E-state index in [9.17, 15) is 4.79 Å². The van der Waals surface area contributed by atoms with E-state index in [2.05, 4.69) is 39.5 Å². The van der Waals surface area contributed by atoms with Crippen LogP contribution in [0.3, 0.4) is 0 Å². The lowest BCUT2D eigenvalue weighted by Crippen LogP contribution is -2.07. The summed E-state index contributed by atoms with van der Waals surface area (Å²) in [5.41, 5.74) is 2.35. The largest absolute Gasteiger partial charge is 0.422 e. The van der Waals surface area contributed by atoms with Gasteiger partial charge in [-0.05, 0) is 49.1 Å². The Balaban J connectivity index is 3.07. The quantitative estimate of drug-likeness (QED) is 0.203. The second kappa shape index (κ2) is 9.67. The molecule has 116 valence electrons. The van der Waals surface area contributed by atoms with E-state index in [-0.39, 0.29) is 5.97 Å². The highest BCUT2D eigenvalue weighted by Crippen LogP contribution is 2.35. The average molecular weight is 306 g/mol. The topological polar surface area (TPSA) is 26.3 Å². The number of esters is 1. The maximum atomic E-state index is 11.6. The highest BCUT2D eigenvalue weighted by atomic mass is 32.2. The molecular weight excluding hydrogens is 280 g/mol. The Kier molecular flexibility index (Phi) is 8.21. The number of carbonyl (C=O) groups is 1. The van der Waals surface area contributed by atoms with E-state index >= 15 is 0 Å². The van der Waals surface area contributed by atoms with Crippen molar-refractivity contribution in [1.82, 2.24) is 0 Å². The van der Waals surface area contributed by atoms with Crippen LogP contribution in [0.25, 0.3) is 0 Å². The highest BCUT2D eigenvalue weighted by molar-refractivity contribution is 7.99. The van der Waals surface area contributed by atoms with Crippen LogP contribution in [0.1, 0.15) is 50.7 Å². The Morgan fingerprint density at radius 1 is 1.29 bits per heavy atom. The molecule has 0 atom stereocenters. The highest BCUT2D eigenvalue weighted by Gasteiger charge is 2.14. The monoisotopic (exact) mass is 306 g/mol. The predicted octanol–water partition coefficient (Wildman–Crippen LogP) is 5.32. The second-order valence-electron chi connectivity index (χ2n) is 5.18. The molecule has 0 aliphatic rings. The molecule has 0 aliphatic carbocycles. The zero-order valence-corrected chi connectivity index (χ0v) is 14.2. The molecule has 0 aliphatic heterocycles. The summed E-state index contributed by atoms with van der Waals surface area (Å²) >= 11 is 1.77. The Morgan fingerprint density at radius 3 is 2.62 bits per heavy atom. The number of rotatable bonds is 9. The van der Waals surface area contributed by atoms with Gasteiger partial charge in [0.15, 0.2) is 0 Å². The first-order valence-corrected chi connectivity index (χ1v) is 8.71. The summed E-state index contributed by atoms with van der Waals surface area (Å²) in [7, 11) is 0. The summed E-state index contributed by atoms with van der Waals surface area (Å²) in [5, 5.41) is 0. The fourth-order valence-corrected chi connectivity index (χ4v) is 3.28. The molecule has 0 spiro atoms. The lowest BCUT2D eigenvalue weighted by molar-refractivity contribution is -0.129. The van der Waals surface area contributed by atoms with Crippen LogP contribution in [0.4, 0.5) is 0 Å². The Bertz CT molecular complexity index is 480. The average Bonchev–Trinajstić information content (AvgIpc) is 2.47. The zero-order chi connectivity index (χ0) is 15.7. The molecule has 0 saturated carbocycles. The molecule has 1 aromatic carbocycles. The number of benzene rings is 1. The minimum absolute atomic E-state index is 0.381. The predicted molar refractivity (Wildman–Crippen MR) is 91.3 cm³/mol. The van der Waals surface area contributed by atoms with Crippen molar-refractivity contribution in [3.05, 3.63) is 35.9 Å². The van der Waals surface area contributed by atoms with Gasteiger partial charge in [0, 0.05) is 6.08 Å². The summed E-state index contributed by atoms with van der Waals surface area (Å²) in [6, 6.07) is 4.24. The summed E-state index contributed by atoms with van der Waals surface area (Å²) in [5.74, 6) is 1.40.